The van der Waals surface area contributed by atoms with Gasteiger partial charge in [-0.3, -0.25) is 0 Å². The van der Waals surface area contributed by atoms with Crippen molar-refractivity contribution in [2.75, 3.05) is 6.61 Å². The van der Waals surface area contributed by atoms with Crippen molar-refractivity contribution in [3.8, 4) is 6.07 Å². The minimum Gasteiger partial charge on any atom is -0.461 e. The molecule has 0 aromatic carbocycles. The highest BCUT2D eigenvalue weighted by Crippen LogP contribution is 2.29. The molecule has 2 unspecified atom stereocenters. The Morgan fingerprint density at radius 1 is 1.50 bits per heavy atom. The summed E-state index contributed by atoms with van der Waals surface area (Å²) in [6.45, 7) is 2.71. The summed E-state index contributed by atoms with van der Waals surface area (Å²) in [5.41, 5.74) is 0.739. The molecule has 4 heteroatoms. The van der Waals surface area contributed by atoms with E-state index >= 15 is 0 Å². The van der Waals surface area contributed by atoms with Crippen molar-refractivity contribution in [1.82, 2.24) is 4.98 Å². The average Bonchev–Trinajstić information content (AvgIpc) is 2.86. The molecule has 1 N–H and O–H groups in total. The first-order valence-corrected chi connectivity index (χ1v) is 6.47. The molecule has 1 fully saturated rings. The summed E-state index contributed by atoms with van der Waals surface area (Å²) < 4.78 is 5.32. The summed E-state index contributed by atoms with van der Waals surface area (Å²) in [6, 6.07) is 5.12. The van der Waals surface area contributed by atoms with Gasteiger partial charge in [0.25, 0.3) is 0 Å². The van der Waals surface area contributed by atoms with Crippen molar-refractivity contribution < 1.29 is 9.53 Å². The molecule has 1 aliphatic carbocycles. The van der Waals surface area contributed by atoms with Gasteiger partial charge in [0.2, 0.25) is 0 Å². The van der Waals surface area contributed by atoms with Crippen LogP contribution in [0, 0.1) is 23.2 Å². The summed E-state index contributed by atoms with van der Waals surface area (Å²) in [7, 11) is 0. The predicted octanol–water partition coefficient (Wildman–Crippen LogP) is 2.87. The first-order chi connectivity index (χ1) is 8.70. The van der Waals surface area contributed by atoms with Gasteiger partial charge < -0.3 is 9.72 Å². The number of aromatic nitrogens is 1. The number of nitrogens with zero attached hydrogens (tertiary/aromatic N) is 1. The third-order valence-corrected chi connectivity index (χ3v) is 3.74. The van der Waals surface area contributed by atoms with Crippen molar-refractivity contribution >= 4 is 5.97 Å². The minimum atomic E-state index is -0.366. The highest BCUT2D eigenvalue weighted by atomic mass is 16.5. The molecule has 1 saturated carbocycles. The molecule has 0 bridgehead atoms. The van der Waals surface area contributed by atoms with E-state index in [1.807, 2.05) is 6.07 Å². The van der Waals surface area contributed by atoms with Gasteiger partial charge in [-0.05, 0) is 30.4 Å². The molecule has 1 heterocycles. The fraction of sp³-hybridized carbons (Fsp3) is 0.571. The van der Waals surface area contributed by atoms with Gasteiger partial charge in [-0.2, -0.15) is 5.26 Å². The first kappa shape index (κ1) is 12.7. The van der Waals surface area contributed by atoms with Crippen LogP contribution in [0.15, 0.2) is 12.1 Å². The molecule has 1 aromatic rings. The molecule has 2 rings (SSSR count). The molecule has 0 aliphatic heterocycles. The Bertz CT molecular complexity index is 459. The van der Waals surface area contributed by atoms with E-state index in [0.717, 1.165) is 6.42 Å². The van der Waals surface area contributed by atoms with Crippen LogP contribution in [0.25, 0.3) is 0 Å². The molecule has 96 valence electrons. The van der Waals surface area contributed by atoms with Crippen molar-refractivity contribution in [3.05, 3.63) is 23.5 Å². The lowest BCUT2D eigenvalue weighted by Gasteiger charge is -2.27. The van der Waals surface area contributed by atoms with E-state index in [9.17, 15) is 4.79 Å². The second-order valence-corrected chi connectivity index (χ2v) is 5.02. The van der Waals surface area contributed by atoms with Crippen LogP contribution in [0.3, 0.4) is 0 Å². The van der Waals surface area contributed by atoms with E-state index in [1.54, 1.807) is 12.1 Å². The van der Waals surface area contributed by atoms with Crippen LogP contribution in [-0.4, -0.2) is 17.6 Å². The monoisotopic (exact) mass is 246 g/mol. The molecule has 0 saturated heterocycles. The van der Waals surface area contributed by atoms with Crippen molar-refractivity contribution in [3.63, 3.8) is 0 Å². The van der Waals surface area contributed by atoms with E-state index in [0.29, 0.717) is 29.8 Å². The summed E-state index contributed by atoms with van der Waals surface area (Å²) in [5.74, 6) is 0.743. The number of carbonyl (C=O) groups excluding carboxylic acids is 1. The van der Waals surface area contributed by atoms with Crippen LogP contribution < -0.4 is 0 Å². The Labute approximate surface area is 107 Å². The number of rotatable bonds is 3. The smallest absolute Gasteiger partial charge is 0.354 e. The van der Waals surface area contributed by atoms with Gasteiger partial charge in [-0.25, -0.2) is 4.79 Å². The lowest BCUT2D eigenvalue weighted by Crippen LogP contribution is -2.23. The Morgan fingerprint density at radius 2 is 2.28 bits per heavy atom. The van der Waals surface area contributed by atoms with Gasteiger partial charge in [0.1, 0.15) is 17.5 Å². The molecular weight excluding hydrogens is 228 g/mol. The summed E-state index contributed by atoms with van der Waals surface area (Å²) >= 11 is 0. The molecular formula is C14H18N2O2. The van der Waals surface area contributed by atoms with Crippen LogP contribution in [0.5, 0.6) is 0 Å². The van der Waals surface area contributed by atoms with Crippen LogP contribution in [0.2, 0.25) is 0 Å². The maximum Gasteiger partial charge on any atom is 0.354 e. The Hall–Kier alpha value is -1.76. The Kier molecular flexibility index (Phi) is 4.03. The number of hydrogen-bond donors (Lipinski definition) is 1. The van der Waals surface area contributed by atoms with E-state index in [2.05, 4.69) is 11.9 Å². The number of esters is 1. The minimum absolute atomic E-state index is 0.356. The number of nitriles is 1. The largest absolute Gasteiger partial charge is 0.461 e. The molecule has 0 amide bonds. The number of hydrogen-bond acceptors (Lipinski definition) is 3. The van der Waals surface area contributed by atoms with E-state index in [1.165, 1.54) is 19.3 Å². The van der Waals surface area contributed by atoms with Gasteiger partial charge in [-0.1, -0.05) is 26.2 Å². The number of H-pyrrole nitrogens is 1. The number of aromatic amines is 1. The fourth-order valence-electron chi connectivity index (χ4n) is 2.48. The summed E-state index contributed by atoms with van der Waals surface area (Å²) in [5, 5.41) is 8.67. The third kappa shape index (κ3) is 2.92. The average molecular weight is 246 g/mol. The Balaban J connectivity index is 1.86. The van der Waals surface area contributed by atoms with Crippen LogP contribution >= 0.6 is 0 Å². The lowest BCUT2D eigenvalue weighted by atomic mass is 9.81. The quantitative estimate of drug-likeness (QED) is 0.834. The maximum absolute atomic E-state index is 11.8. The lowest BCUT2D eigenvalue weighted by molar-refractivity contribution is 0.0349. The van der Waals surface area contributed by atoms with Crippen LogP contribution in [-0.2, 0) is 4.74 Å². The van der Waals surface area contributed by atoms with E-state index in [-0.39, 0.29) is 5.97 Å². The maximum atomic E-state index is 11.8. The fourth-order valence-corrected chi connectivity index (χ4v) is 2.48. The van der Waals surface area contributed by atoms with Crippen molar-refractivity contribution in [2.45, 2.75) is 32.6 Å². The van der Waals surface area contributed by atoms with Gasteiger partial charge in [0, 0.05) is 0 Å². The highest BCUT2D eigenvalue weighted by molar-refractivity contribution is 5.87. The topological polar surface area (TPSA) is 65.9 Å². The Morgan fingerprint density at radius 3 is 2.94 bits per heavy atom. The number of carbonyl (C=O) groups is 1. The van der Waals surface area contributed by atoms with E-state index < -0.39 is 0 Å². The standard InChI is InChI=1S/C14H18N2O2/c1-10-4-2-3-5-11(10)9-18-14(17)13-7-6-12(8-15)16-13/h6-7,10-11,16H,2-5,9H2,1H3. The molecule has 4 nitrogen and oxygen atoms in total. The first-order valence-electron chi connectivity index (χ1n) is 6.47. The van der Waals surface area contributed by atoms with Crippen LogP contribution in [0.4, 0.5) is 0 Å². The van der Waals surface area contributed by atoms with E-state index in [4.69, 9.17) is 10.00 Å². The molecule has 2 atom stereocenters. The zero-order valence-corrected chi connectivity index (χ0v) is 10.6. The summed E-state index contributed by atoms with van der Waals surface area (Å²) in [6.07, 6.45) is 4.88. The predicted molar refractivity (Wildman–Crippen MR) is 66.9 cm³/mol. The second-order valence-electron chi connectivity index (χ2n) is 5.02. The molecule has 1 aromatic heterocycles. The summed E-state index contributed by atoms with van der Waals surface area (Å²) in [4.78, 5) is 14.5. The zero-order chi connectivity index (χ0) is 13.0. The normalized spacial score (nSPS) is 23.3. The molecule has 1 aliphatic rings. The van der Waals surface area contributed by atoms with Gasteiger partial charge in [0.05, 0.1) is 6.61 Å². The van der Waals surface area contributed by atoms with Gasteiger partial charge >= 0.3 is 5.97 Å². The molecule has 18 heavy (non-hydrogen) atoms. The van der Waals surface area contributed by atoms with Gasteiger partial charge in [0.15, 0.2) is 0 Å². The van der Waals surface area contributed by atoms with Crippen LogP contribution in [0.1, 0.15) is 48.8 Å². The molecule has 0 radical (unpaired) electrons. The zero-order valence-electron chi connectivity index (χ0n) is 10.6. The van der Waals surface area contributed by atoms with Gasteiger partial charge in [-0.15, -0.1) is 0 Å². The molecule has 0 spiro atoms. The highest BCUT2D eigenvalue weighted by Gasteiger charge is 2.23. The third-order valence-electron chi connectivity index (χ3n) is 3.74. The van der Waals surface area contributed by atoms with Crippen molar-refractivity contribution in [1.29, 1.82) is 5.26 Å². The van der Waals surface area contributed by atoms with Crippen molar-refractivity contribution in [2.24, 2.45) is 11.8 Å². The second kappa shape index (κ2) is 5.72. The number of ether oxygens (including phenoxy) is 1. The number of nitrogens with one attached hydrogen (secondary N) is 1. The SMILES string of the molecule is CC1CCCCC1COC(=O)c1ccc(C#N)[nH]1.